The van der Waals surface area contributed by atoms with Crippen LogP contribution in [0.2, 0.25) is 0 Å². The van der Waals surface area contributed by atoms with Crippen LogP contribution in [0.3, 0.4) is 0 Å². The average Bonchev–Trinajstić information content (AvgIpc) is 3.08. The molecule has 2 amide bonds. The van der Waals surface area contributed by atoms with E-state index >= 15 is 0 Å². The number of aryl methyl sites for hydroxylation is 1. The summed E-state index contributed by atoms with van der Waals surface area (Å²) in [5, 5.41) is 4.32. The van der Waals surface area contributed by atoms with Crippen molar-refractivity contribution in [2.75, 3.05) is 46.4 Å². The maximum Gasteiger partial charge on any atom is 0.254 e. The van der Waals surface area contributed by atoms with Gasteiger partial charge in [0.05, 0.1) is 18.6 Å². The molecule has 0 radical (unpaired) electrons. The molecule has 1 fully saturated rings. The molecule has 2 aliphatic heterocycles. The molecule has 5 rings (SSSR count). The van der Waals surface area contributed by atoms with Crippen LogP contribution in [0.4, 0.5) is 0 Å². The number of carbonyl (C=O) groups is 2. The van der Waals surface area contributed by atoms with Crippen molar-refractivity contribution in [1.82, 2.24) is 19.7 Å². The van der Waals surface area contributed by atoms with E-state index in [9.17, 15) is 9.59 Å². The van der Waals surface area contributed by atoms with E-state index in [0.717, 1.165) is 48.1 Å². The molecule has 7 nitrogen and oxygen atoms in total. The number of carbonyl (C=O) groups excluding carboxylic acids is 2. The third-order valence-corrected chi connectivity index (χ3v) is 8.15. The summed E-state index contributed by atoms with van der Waals surface area (Å²) < 4.78 is 7.48. The van der Waals surface area contributed by atoms with Crippen LogP contribution in [0, 0.1) is 0 Å². The Morgan fingerprint density at radius 3 is 2.50 bits per heavy atom. The van der Waals surface area contributed by atoms with Gasteiger partial charge < -0.3 is 24.4 Å². The molecule has 7 heteroatoms. The highest BCUT2D eigenvalue weighted by molar-refractivity contribution is 6.02. The van der Waals surface area contributed by atoms with Crippen molar-refractivity contribution in [3.8, 4) is 0 Å². The van der Waals surface area contributed by atoms with Crippen LogP contribution >= 0.6 is 0 Å². The molecule has 202 valence electrons. The molecule has 3 aromatic rings. The minimum absolute atomic E-state index is 0.0267. The maximum atomic E-state index is 14.0. The Labute approximate surface area is 225 Å². The van der Waals surface area contributed by atoms with Gasteiger partial charge in [-0.1, -0.05) is 49.2 Å². The van der Waals surface area contributed by atoms with E-state index < -0.39 is 12.0 Å². The average molecular weight is 517 g/mol. The second-order valence-corrected chi connectivity index (χ2v) is 10.6. The predicted octanol–water partition coefficient (Wildman–Crippen LogP) is 4.49. The molecular weight excluding hydrogens is 476 g/mol. The molecule has 2 atom stereocenters. The highest BCUT2D eigenvalue weighted by Gasteiger charge is 2.44. The molecule has 0 aliphatic carbocycles. The number of methoxy groups -OCH3 is 1. The smallest absolute Gasteiger partial charge is 0.254 e. The first-order chi connectivity index (χ1) is 18.6. The van der Waals surface area contributed by atoms with E-state index in [1.807, 2.05) is 48.3 Å². The lowest BCUT2D eigenvalue weighted by atomic mass is 9.79. The van der Waals surface area contributed by atoms with Gasteiger partial charge in [-0.05, 0) is 56.6 Å². The monoisotopic (exact) mass is 516 g/mol. The number of hydrogen-bond donors (Lipinski definition) is 1. The van der Waals surface area contributed by atoms with Crippen molar-refractivity contribution in [3.63, 3.8) is 0 Å². The number of para-hydroxylation sites is 1. The highest BCUT2D eigenvalue weighted by Crippen LogP contribution is 2.45. The normalized spacial score (nSPS) is 20.4. The van der Waals surface area contributed by atoms with Crippen LogP contribution in [0.25, 0.3) is 10.9 Å². The largest absolute Gasteiger partial charge is 0.383 e. The number of amides is 2. The van der Waals surface area contributed by atoms with Crippen LogP contribution in [0.1, 0.15) is 65.5 Å². The number of ether oxygens (including phenoxy) is 1. The van der Waals surface area contributed by atoms with Crippen molar-refractivity contribution in [2.45, 2.75) is 44.1 Å². The Morgan fingerprint density at radius 2 is 1.71 bits per heavy atom. The first-order valence-electron chi connectivity index (χ1n) is 14.0. The summed E-state index contributed by atoms with van der Waals surface area (Å²) >= 11 is 0. The molecule has 2 aliphatic rings. The van der Waals surface area contributed by atoms with E-state index in [2.05, 4.69) is 33.1 Å². The van der Waals surface area contributed by atoms with Gasteiger partial charge in [-0.3, -0.25) is 9.59 Å². The standard InChI is InChI=1S/C31H40N4O3/c1-33-22-26(23-12-7-8-15-27(23)33)29-28(30(36)32-16-11-19-34-17-9-3-4-10-18-34)24-13-5-6-14-25(24)31(37)35(29)20-21-38-2/h5-8,12-15,22,28-29H,3-4,9-11,16-21H2,1-2H3,(H,32,36)/t28-,29+/m0/s1. The topological polar surface area (TPSA) is 66.8 Å². The summed E-state index contributed by atoms with van der Waals surface area (Å²) in [4.78, 5) is 32.2. The SMILES string of the molecule is COCCN1C(=O)c2ccccc2[C@H](C(=O)NCCCN2CCCCCC2)[C@H]1c1cn(C)c2ccccc12. The van der Waals surface area contributed by atoms with E-state index in [-0.39, 0.29) is 11.8 Å². The van der Waals surface area contributed by atoms with Crippen LogP contribution in [-0.2, 0) is 16.6 Å². The molecule has 0 saturated carbocycles. The molecule has 1 N–H and O–H groups in total. The first-order valence-corrected chi connectivity index (χ1v) is 14.0. The van der Waals surface area contributed by atoms with Crippen LogP contribution in [0.5, 0.6) is 0 Å². The Morgan fingerprint density at radius 1 is 0.974 bits per heavy atom. The molecule has 38 heavy (non-hydrogen) atoms. The first kappa shape index (κ1) is 26.4. The van der Waals surface area contributed by atoms with Crippen molar-refractivity contribution in [2.24, 2.45) is 7.05 Å². The number of hydrogen-bond acceptors (Lipinski definition) is 4. The third kappa shape index (κ3) is 5.36. The van der Waals surface area contributed by atoms with Gasteiger partial charge in [0.15, 0.2) is 0 Å². The fourth-order valence-corrected chi connectivity index (χ4v) is 6.25. The molecule has 2 aromatic carbocycles. The summed E-state index contributed by atoms with van der Waals surface area (Å²) in [6, 6.07) is 15.4. The van der Waals surface area contributed by atoms with Gasteiger partial charge in [-0.2, -0.15) is 0 Å². The number of benzene rings is 2. The fourth-order valence-electron chi connectivity index (χ4n) is 6.25. The molecule has 0 bridgehead atoms. The third-order valence-electron chi connectivity index (χ3n) is 8.15. The van der Waals surface area contributed by atoms with E-state index in [4.69, 9.17) is 4.74 Å². The van der Waals surface area contributed by atoms with E-state index in [0.29, 0.717) is 25.3 Å². The molecule has 0 unspecified atom stereocenters. The number of nitrogens with zero attached hydrogens (tertiary/aromatic N) is 3. The number of nitrogens with one attached hydrogen (secondary N) is 1. The zero-order chi connectivity index (χ0) is 26.5. The Bertz CT molecular complexity index is 1260. The summed E-state index contributed by atoms with van der Waals surface area (Å²) in [5.74, 6) is -0.591. The minimum atomic E-state index is -0.509. The van der Waals surface area contributed by atoms with Crippen molar-refractivity contribution in [3.05, 3.63) is 71.4 Å². The van der Waals surface area contributed by atoms with Gasteiger partial charge in [-0.15, -0.1) is 0 Å². The minimum Gasteiger partial charge on any atom is -0.383 e. The Hall–Kier alpha value is -3.16. The zero-order valence-corrected chi connectivity index (χ0v) is 22.7. The molecule has 1 saturated heterocycles. The van der Waals surface area contributed by atoms with Crippen LogP contribution < -0.4 is 5.32 Å². The Balaban J connectivity index is 1.46. The second-order valence-electron chi connectivity index (χ2n) is 10.6. The Kier molecular flexibility index (Phi) is 8.45. The summed E-state index contributed by atoms with van der Waals surface area (Å²) in [6.07, 6.45) is 8.18. The number of rotatable bonds is 9. The van der Waals surface area contributed by atoms with E-state index in [1.54, 1.807) is 7.11 Å². The van der Waals surface area contributed by atoms with Gasteiger partial charge in [0, 0.05) is 55.5 Å². The van der Waals surface area contributed by atoms with Crippen molar-refractivity contribution >= 4 is 22.7 Å². The maximum absolute atomic E-state index is 14.0. The van der Waals surface area contributed by atoms with Gasteiger partial charge in [0.1, 0.15) is 0 Å². The number of likely N-dealkylation sites (tertiary alicyclic amines) is 1. The second kappa shape index (κ2) is 12.1. The summed E-state index contributed by atoms with van der Waals surface area (Å²) in [5.41, 5.74) is 3.47. The van der Waals surface area contributed by atoms with Crippen molar-refractivity contribution in [1.29, 1.82) is 0 Å². The van der Waals surface area contributed by atoms with Crippen molar-refractivity contribution < 1.29 is 14.3 Å². The molecule has 1 aromatic heterocycles. The van der Waals surface area contributed by atoms with E-state index in [1.165, 1.54) is 25.7 Å². The van der Waals surface area contributed by atoms with Gasteiger partial charge in [0.2, 0.25) is 5.91 Å². The lowest BCUT2D eigenvalue weighted by molar-refractivity contribution is -0.124. The summed E-state index contributed by atoms with van der Waals surface area (Å²) in [6.45, 7) is 4.76. The van der Waals surface area contributed by atoms with Gasteiger partial charge >= 0.3 is 0 Å². The van der Waals surface area contributed by atoms with Crippen LogP contribution in [-0.4, -0.2) is 72.6 Å². The molecule has 0 spiro atoms. The number of aromatic nitrogens is 1. The van der Waals surface area contributed by atoms with Gasteiger partial charge in [0.25, 0.3) is 5.91 Å². The highest BCUT2D eigenvalue weighted by atomic mass is 16.5. The quantitative estimate of drug-likeness (QED) is 0.426. The van der Waals surface area contributed by atoms with Gasteiger partial charge in [-0.25, -0.2) is 0 Å². The lowest BCUT2D eigenvalue weighted by Crippen LogP contribution is -2.48. The number of fused-ring (bicyclic) bond motifs is 2. The van der Waals surface area contributed by atoms with Crippen LogP contribution in [0.15, 0.2) is 54.7 Å². The molecule has 3 heterocycles. The summed E-state index contributed by atoms with van der Waals surface area (Å²) in [7, 11) is 3.66. The molecular formula is C31H40N4O3. The predicted molar refractivity (Wildman–Crippen MR) is 150 cm³/mol. The lowest BCUT2D eigenvalue weighted by Gasteiger charge is -2.41. The zero-order valence-electron chi connectivity index (χ0n) is 22.7. The fraction of sp³-hybridized carbons (Fsp3) is 0.484.